The van der Waals surface area contributed by atoms with Gasteiger partial charge < -0.3 is 4.98 Å². The second kappa shape index (κ2) is 6.34. The molecule has 2 aromatic carbocycles. The number of thiazole rings is 1. The highest BCUT2D eigenvalue weighted by molar-refractivity contribution is 7.14. The van der Waals surface area contributed by atoms with Crippen LogP contribution in [0.4, 0.5) is 5.13 Å². The van der Waals surface area contributed by atoms with Gasteiger partial charge >= 0.3 is 0 Å². The third kappa shape index (κ3) is 2.76. The van der Waals surface area contributed by atoms with E-state index in [4.69, 9.17) is 0 Å². The number of amides is 1. The number of carbonyl (C=O) groups is 1. The number of carbonyl (C=O) groups excluding carboxylic acids is 1. The number of pyridine rings is 1. The Kier molecular flexibility index (Phi) is 3.69. The molecule has 3 aromatic heterocycles. The number of hydrogen-bond acceptors (Lipinski definition) is 4. The molecule has 5 nitrogen and oxygen atoms in total. The first-order valence-electron chi connectivity index (χ1n) is 8.47. The topological polar surface area (TPSA) is 70.7 Å². The fraction of sp³-hybridized carbons (Fsp3) is 0. The predicted octanol–water partition coefficient (Wildman–Crippen LogP) is 5.09. The predicted molar refractivity (Wildman–Crippen MR) is 109 cm³/mol. The monoisotopic (exact) mass is 370 g/mol. The van der Waals surface area contributed by atoms with E-state index in [-0.39, 0.29) is 5.91 Å². The number of anilines is 1. The highest BCUT2D eigenvalue weighted by Gasteiger charge is 2.14. The van der Waals surface area contributed by atoms with Crippen LogP contribution in [0.5, 0.6) is 0 Å². The molecule has 0 bridgehead atoms. The van der Waals surface area contributed by atoms with Crippen molar-refractivity contribution in [2.75, 3.05) is 5.32 Å². The van der Waals surface area contributed by atoms with Crippen LogP contribution in [0, 0.1) is 0 Å². The minimum Gasteiger partial charge on any atom is -0.360 e. The maximum Gasteiger partial charge on any atom is 0.258 e. The van der Waals surface area contributed by atoms with Gasteiger partial charge in [0.05, 0.1) is 11.2 Å². The van der Waals surface area contributed by atoms with E-state index in [1.807, 2.05) is 54.0 Å². The highest BCUT2D eigenvalue weighted by Crippen LogP contribution is 2.31. The number of aromatic nitrogens is 3. The molecular formula is C21H14N4OS. The lowest BCUT2D eigenvalue weighted by atomic mass is 10.1. The molecule has 3 heterocycles. The molecular weight excluding hydrogens is 356 g/mol. The van der Waals surface area contributed by atoms with Gasteiger partial charge in [-0.1, -0.05) is 30.3 Å². The quantitative estimate of drug-likeness (QED) is 0.465. The molecule has 0 atom stereocenters. The Morgan fingerprint density at radius 3 is 2.85 bits per heavy atom. The number of benzene rings is 2. The van der Waals surface area contributed by atoms with Crippen molar-refractivity contribution in [3.63, 3.8) is 0 Å². The first kappa shape index (κ1) is 15.7. The first-order valence-corrected chi connectivity index (χ1v) is 9.35. The van der Waals surface area contributed by atoms with Crippen molar-refractivity contribution in [3.8, 4) is 11.3 Å². The molecule has 5 aromatic rings. The van der Waals surface area contributed by atoms with Gasteiger partial charge in [-0.3, -0.25) is 15.1 Å². The average molecular weight is 370 g/mol. The summed E-state index contributed by atoms with van der Waals surface area (Å²) in [6.45, 7) is 0. The zero-order valence-corrected chi connectivity index (χ0v) is 15.0. The maximum atomic E-state index is 12.8. The molecule has 6 heteroatoms. The van der Waals surface area contributed by atoms with E-state index >= 15 is 0 Å². The highest BCUT2D eigenvalue weighted by atomic mass is 32.1. The zero-order chi connectivity index (χ0) is 18.2. The number of para-hydroxylation sites is 1. The smallest absolute Gasteiger partial charge is 0.258 e. The number of hydrogen-bond donors (Lipinski definition) is 2. The third-order valence-corrected chi connectivity index (χ3v) is 5.24. The first-order chi connectivity index (χ1) is 13.3. The Balaban J connectivity index is 1.46. The van der Waals surface area contributed by atoms with Gasteiger partial charge in [0.15, 0.2) is 5.13 Å². The molecule has 0 spiro atoms. The van der Waals surface area contributed by atoms with Crippen LogP contribution in [0.15, 0.2) is 72.4 Å². The van der Waals surface area contributed by atoms with Crippen molar-refractivity contribution in [2.45, 2.75) is 0 Å². The minimum absolute atomic E-state index is 0.187. The van der Waals surface area contributed by atoms with E-state index in [1.54, 1.807) is 12.3 Å². The number of rotatable bonds is 3. The molecule has 5 rings (SSSR count). The summed E-state index contributed by atoms with van der Waals surface area (Å²) < 4.78 is 0. The van der Waals surface area contributed by atoms with Crippen LogP contribution < -0.4 is 5.32 Å². The summed E-state index contributed by atoms with van der Waals surface area (Å²) in [5.41, 5.74) is 4.31. The van der Waals surface area contributed by atoms with E-state index < -0.39 is 0 Å². The van der Waals surface area contributed by atoms with Crippen molar-refractivity contribution < 1.29 is 4.79 Å². The third-order valence-electron chi connectivity index (χ3n) is 4.48. The minimum atomic E-state index is -0.187. The molecule has 0 saturated heterocycles. The van der Waals surface area contributed by atoms with Crippen LogP contribution in [0.3, 0.4) is 0 Å². The van der Waals surface area contributed by atoms with Gasteiger partial charge in [-0.15, -0.1) is 11.3 Å². The van der Waals surface area contributed by atoms with E-state index in [0.29, 0.717) is 10.7 Å². The van der Waals surface area contributed by atoms with Gasteiger partial charge in [0.1, 0.15) is 0 Å². The SMILES string of the molecule is O=C(Nc1nc(-c2c[nH]c3ccccc23)cs1)c1cccc2ncccc12. The maximum absolute atomic E-state index is 12.8. The summed E-state index contributed by atoms with van der Waals surface area (Å²) in [4.78, 5) is 24.9. The van der Waals surface area contributed by atoms with Crippen molar-refractivity contribution in [1.82, 2.24) is 15.0 Å². The van der Waals surface area contributed by atoms with Crippen LogP contribution in [0.25, 0.3) is 33.1 Å². The number of aromatic amines is 1. The van der Waals surface area contributed by atoms with E-state index in [0.717, 1.165) is 33.1 Å². The molecule has 0 fully saturated rings. The van der Waals surface area contributed by atoms with Gasteiger partial charge in [-0.25, -0.2) is 4.98 Å². The van der Waals surface area contributed by atoms with Crippen molar-refractivity contribution in [2.24, 2.45) is 0 Å². The summed E-state index contributed by atoms with van der Waals surface area (Å²) in [5.74, 6) is -0.187. The van der Waals surface area contributed by atoms with Crippen molar-refractivity contribution in [3.05, 3.63) is 77.9 Å². The van der Waals surface area contributed by atoms with Gasteiger partial charge in [-0.2, -0.15) is 0 Å². The summed E-state index contributed by atoms with van der Waals surface area (Å²) in [7, 11) is 0. The molecule has 27 heavy (non-hydrogen) atoms. The Morgan fingerprint density at radius 2 is 1.89 bits per heavy atom. The largest absolute Gasteiger partial charge is 0.360 e. The second-order valence-electron chi connectivity index (χ2n) is 6.12. The Labute approximate surface area is 158 Å². The Morgan fingerprint density at radius 1 is 1.00 bits per heavy atom. The number of H-pyrrole nitrogens is 1. The van der Waals surface area contributed by atoms with Gasteiger partial charge in [0.25, 0.3) is 5.91 Å². The van der Waals surface area contributed by atoms with Crippen LogP contribution in [0.2, 0.25) is 0 Å². The molecule has 0 unspecified atom stereocenters. The molecule has 0 saturated carbocycles. The van der Waals surface area contributed by atoms with Gasteiger partial charge in [0, 0.05) is 45.2 Å². The summed E-state index contributed by atoms with van der Waals surface area (Å²) in [6.07, 6.45) is 3.67. The molecule has 0 aliphatic rings. The van der Waals surface area contributed by atoms with Gasteiger partial charge in [0.2, 0.25) is 0 Å². The molecule has 2 N–H and O–H groups in total. The average Bonchev–Trinajstić information content (AvgIpc) is 3.34. The van der Waals surface area contributed by atoms with Crippen LogP contribution in [0.1, 0.15) is 10.4 Å². The van der Waals surface area contributed by atoms with E-state index in [1.165, 1.54) is 11.3 Å². The lowest BCUT2D eigenvalue weighted by Crippen LogP contribution is -2.12. The second-order valence-corrected chi connectivity index (χ2v) is 6.97. The van der Waals surface area contributed by atoms with Crippen molar-refractivity contribution >= 4 is 44.2 Å². The lowest BCUT2D eigenvalue weighted by Gasteiger charge is -2.05. The molecule has 0 aliphatic heterocycles. The van der Waals surface area contributed by atoms with Gasteiger partial charge in [-0.05, 0) is 24.3 Å². The molecule has 1 amide bonds. The summed E-state index contributed by atoms with van der Waals surface area (Å²) in [5, 5.41) is 7.37. The standard InChI is InChI=1S/C21H14N4OS/c26-20(15-6-3-9-17-13(15)7-4-10-22-17)25-21-24-19(12-27-21)16-11-23-18-8-2-1-5-14(16)18/h1-12,23H,(H,24,25,26). The molecule has 130 valence electrons. The summed E-state index contributed by atoms with van der Waals surface area (Å²) >= 11 is 1.41. The Hall–Kier alpha value is -3.51. The number of nitrogens with zero attached hydrogens (tertiary/aromatic N) is 2. The fourth-order valence-corrected chi connectivity index (χ4v) is 3.91. The zero-order valence-electron chi connectivity index (χ0n) is 14.1. The van der Waals surface area contributed by atoms with Crippen molar-refractivity contribution in [1.29, 1.82) is 0 Å². The lowest BCUT2D eigenvalue weighted by molar-refractivity contribution is 0.102. The molecule has 0 radical (unpaired) electrons. The summed E-state index contributed by atoms with van der Waals surface area (Å²) in [6, 6.07) is 17.3. The number of fused-ring (bicyclic) bond motifs is 2. The molecule has 0 aliphatic carbocycles. The van der Waals surface area contributed by atoms with Crippen LogP contribution in [-0.4, -0.2) is 20.9 Å². The normalized spacial score (nSPS) is 11.1. The fourth-order valence-electron chi connectivity index (χ4n) is 3.20. The number of nitrogens with one attached hydrogen (secondary N) is 2. The Bertz CT molecular complexity index is 1280. The van der Waals surface area contributed by atoms with E-state index in [9.17, 15) is 4.79 Å². The van der Waals surface area contributed by atoms with Crippen LogP contribution in [-0.2, 0) is 0 Å². The van der Waals surface area contributed by atoms with E-state index in [2.05, 4.69) is 26.3 Å². The van der Waals surface area contributed by atoms with Crippen LogP contribution >= 0.6 is 11.3 Å².